The zero-order chi connectivity index (χ0) is 17.0. The van der Waals surface area contributed by atoms with Crippen molar-refractivity contribution in [1.82, 2.24) is 10.3 Å². The number of hydrogen-bond acceptors (Lipinski definition) is 4. The van der Waals surface area contributed by atoms with E-state index in [9.17, 15) is 18.7 Å². The third kappa shape index (κ3) is 4.46. The number of nitrogens with one attached hydrogen (secondary N) is 2. The average Bonchev–Trinajstić information content (AvgIpc) is 2.92. The molecule has 0 aliphatic rings. The van der Waals surface area contributed by atoms with Crippen molar-refractivity contribution in [2.45, 2.75) is 25.9 Å². The lowest BCUT2D eigenvalue weighted by Gasteiger charge is -2.24. The van der Waals surface area contributed by atoms with Crippen LogP contribution in [0.4, 0.5) is 18.7 Å². The molecule has 2 aromatic rings. The second-order valence-corrected chi connectivity index (χ2v) is 6.31. The molecule has 8 heteroatoms. The molecule has 3 N–H and O–H groups in total. The summed E-state index contributed by atoms with van der Waals surface area (Å²) < 4.78 is 26.6. The van der Waals surface area contributed by atoms with Gasteiger partial charge in [-0.05, 0) is 19.4 Å². The fourth-order valence-electron chi connectivity index (χ4n) is 1.94. The normalized spacial score (nSPS) is 13.4. The van der Waals surface area contributed by atoms with Gasteiger partial charge in [0.2, 0.25) is 0 Å². The molecule has 1 aromatic heterocycles. The number of nitrogens with zero attached hydrogens (tertiary/aromatic N) is 1. The van der Waals surface area contributed by atoms with E-state index in [1.54, 1.807) is 6.20 Å². The van der Waals surface area contributed by atoms with Crippen molar-refractivity contribution in [1.29, 1.82) is 0 Å². The Hall–Kier alpha value is -2.06. The van der Waals surface area contributed by atoms with Crippen LogP contribution < -0.4 is 10.6 Å². The lowest BCUT2D eigenvalue weighted by molar-refractivity contribution is 0.0561. The van der Waals surface area contributed by atoms with Gasteiger partial charge >= 0.3 is 6.03 Å². The minimum Gasteiger partial charge on any atom is -0.383 e. The van der Waals surface area contributed by atoms with Gasteiger partial charge in [0.05, 0.1) is 6.54 Å². The van der Waals surface area contributed by atoms with E-state index in [4.69, 9.17) is 0 Å². The van der Waals surface area contributed by atoms with Gasteiger partial charge in [-0.15, -0.1) is 11.3 Å². The molecule has 0 fully saturated rings. The van der Waals surface area contributed by atoms with E-state index in [1.807, 2.05) is 6.92 Å². The second-order valence-electron chi connectivity index (χ2n) is 5.19. The van der Waals surface area contributed by atoms with Crippen molar-refractivity contribution in [2.75, 3.05) is 11.9 Å². The van der Waals surface area contributed by atoms with E-state index in [0.29, 0.717) is 11.2 Å². The van der Waals surface area contributed by atoms with Crippen molar-refractivity contribution < 1.29 is 18.7 Å². The smallest absolute Gasteiger partial charge is 0.321 e. The Bertz CT molecular complexity index is 704. The lowest BCUT2D eigenvalue weighted by Crippen LogP contribution is -2.41. The van der Waals surface area contributed by atoms with Crippen LogP contribution in [-0.2, 0) is 12.0 Å². The predicted molar refractivity (Wildman–Crippen MR) is 84.4 cm³/mol. The number of anilines is 1. The number of aromatic nitrogens is 1. The Morgan fingerprint density at radius 2 is 2.17 bits per heavy atom. The highest BCUT2D eigenvalue weighted by Crippen LogP contribution is 2.23. The highest BCUT2D eigenvalue weighted by Gasteiger charge is 2.27. The minimum absolute atomic E-state index is 0.0956. The zero-order valence-electron chi connectivity index (χ0n) is 12.7. The number of rotatable bonds is 5. The van der Waals surface area contributed by atoms with Gasteiger partial charge in [-0.3, -0.25) is 5.32 Å². The first-order chi connectivity index (χ1) is 10.8. The molecule has 23 heavy (non-hydrogen) atoms. The van der Waals surface area contributed by atoms with Crippen LogP contribution in [0.5, 0.6) is 0 Å². The monoisotopic (exact) mass is 341 g/mol. The zero-order valence-corrected chi connectivity index (χ0v) is 13.5. The summed E-state index contributed by atoms with van der Waals surface area (Å²) >= 11 is 1.35. The molecule has 2 rings (SSSR count). The molecular weight excluding hydrogens is 324 g/mol. The number of thiazole rings is 1. The second kappa shape index (κ2) is 7.01. The maximum Gasteiger partial charge on any atom is 0.321 e. The molecule has 5 nitrogen and oxygen atoms in total. The summed E-state index contributed by atoms with van der Waals surface area (Å²) in [5.74, 6) is -1.60. The Balaban J connectivity index is 1.96. The number of halogens is 2. The number of hydrogen-bond donors (Lipinski definition) is 3. The van der Waals surface area contributed by atoms with E-state index >= 15 is 0 Å². The van der Waals surface area contributed by atoms with Gasteiger partial charge in [0.15, 0.2) is 5.13 Å². The molecule has 1 unspecified atom stereocenters. The van der Waals surface area contributed by atoms with Crippen molar-refractivity contribution >= 4 is 22.5 Å². The Morgan fingerprint density at radius 3 is 2.78 bits per heavy atom. The minimum atomic E-state index is -1.67. The van der Waals surface area contributed by atoms with Crippen LogP contribution in [-0.4, -0.2) is 22.7 Å². The summed E-state index contributed by atoms with van der Waals surface area (Å²) in [4.78, 5) is 16.9. The SMILES string of the molecule is CCc1cnc(NC(=O)NCC(C)(O)c2ccc(F)cc2F)s1. The molecule has 0 saturated heterocycles. The van der Waals surface area contributed by atoms with Crippen molar-refractivity contribution in [2.24, 2.45) is 0 Å². The van der Waals surface area contributed by atoms with E-state index in [2.05, 4.69) is 15.6 Å². The highest BCUT2D eigenvalue weighted by molar-refractivity contribution is 7.15. The molecule has 0 aliphatic heterocycles. The van der Waals surface area contributed by atoms with Crippen LogP contribution >= 0.6 is 11.3 Å². The largest absolute Gasteiger partial charge is 0.383 e. The summed E-state index contributed by atoms with van der Waals surface area (Å²) in [6.45, 7) is 3.07. The number of amides is 2. The Morgan fingerprint density at radius 1 is 1.43 bits per heavy atom. The van der Waals surface area contributed by atoms with Crippen LogP contribution in [0, 0.1) is 11.6 Å². The van der Waals surface area contributed by atoms with Crippen LogP contribution in [0.2, 0.25) is 0 Å². The maximum absolute atomic E-state index is 13.7. The van der Waals surface area contributed by atoms with Gasteiger partial charge in [0.1, 0.15) is 17.2 Å². The van der Waals surface area contributed by atoms with Crippen LogP contribution in [0.1, 0.15) is 24.3 Å². The number of urea groups is 1. The standard InChI is InChI=1S/C15H17F2N3O2S/c1-3-10-7-18-14(23-10)20-13(21)19-8-15(2,22)11-5-4-9(16)6-12(11)17/h4-7,22H,3,8H2,1-2H3,(H2,18,19,20,21). The van der Waals surface area contributed by atoms with Crippen molar-refractivity contribution in [3.8, 4) is 0 Å². The molecule has 0 aliphatic carbocycles. The number of benzene rings is 1. The molecule has 0 radical (unpaired) electrons. The maximum atomic E-state index is 13.7. The quantitative estimate of drug-likeness (QED) is 0.783. The van der Waals surface area contributed by atoms with Gasteiger partial charge in [0, 0.05) is 22.7 Å². The molecule has 0 bridgehead atoms. The molecule has 1 aromatic carbocycles. The molecule has 0 spiro atoms. The van der Waals surface area contributed by atoms with Crippen molar-refractivity contribution in [3.05, 3.63) is 46.5 Å². The summed E-state index contributed by atoms with van der Waals surface area (Å²) in [7, 11) is 0. The van der Waals surface area contributed by atoms with Crippen molar-refractivity contribution in [3.63, 3.8) is 0 Å². The molecular formula is C15H17F2N3O2S. The number of aliphatic hydroxyl groups is 1. The molecule has 124 valence electrons. The fourth-order valence-corrected chi connectivity index (χ4v) is 2.69. The van der Waals surface area contributed by atoms with Gasteiger partial charge in [0.25, 0.3) is 0 Å². The van der Waals surface area contributed by atoms with E-state index in [-0.39, 0.29) is 12.1 Å². The van der Waals surface area contributed by atoms with Crippen LogP contribution in [0.25, 0.3) is 0 Å². The van der Waals surface area contributed by atoms with Gasteiger partial charge in [-0.2, -0.15) is 0 Å². The first-order valence-electron chi connectivity index (χ1n) is 6.99. The third-order valence-corrected chi connectivity index (χ3v) is 4.28. The number of carbonyl (C=O) groups excluding carboxylic acids is 1. The van der Waals surface area contributed by atoms with E-state index in [1.165, 1.54) is 18.3 Å². The molecule has 2 amide bonds. The van der Waals surface area contributed by atoms with Crippen LogP contribution in [0.3, 0.4) is 0 Å². The molecule has 1 heterocycles. The Labute approximate surface area is 136 Å². The number of aryl methyl sites for hydroxylation is 1. The highest BCUT2D eigenvalue weighted by atomic mass is 32.1. The topological polar surface area (TPSA) is 74.2 Å². The van der Waals surface area contributed by atoms with Gasteiger partial charge in [-0.1, -0.05) is 13.0 Å². The summed E-state index contributed by atoms with van der Waals surface area (Å²) in [6.07, 6.45) is 2.49. The van der Waals surface area contributed by atoms with E-state index in [0.717, 1.165) is 23.4 Å². The lowest BCUT2D eigenvalue weighted by atomic mass is 9.95. The summed E-state index contributed by atoms with van der Waals surface area (Å²) in [5, 5.41) is 15.7. The van der Waals surface area contributed by atoms with Gasteiger partial charge < -0.3 is 10.4 Å². The molecule has 0 saturated carbocycles. The van der Waals surface area contributed by atoms with E-state index < -0.39 is 23.3 Å². The predicted octanol–water partition coefficient (Wildman–Crippen LogP) is 3.01. The first kappa shape index (κ1) is 17.3. The summed E-state index contributed by atoms with van der Waals surface area (Å²) in [5.41, 5.74) is -1.77. The molecule has 1 atom stereocenters. The van der Waals surface area contributed by atoms with Crippen LogP contribution in [0.15, 0.2) is 24.4 Å². The number of carbonyl (C=O) groups is 1. The Kier molecular flexibility index (Phi) is 5.27. The summed E-state index contributed by atoms with van der Waals surface area (Å²) in [6, 6.07) is 2.32. The average molecular weight is 341 g/mol. The van der Waals surface area contributed by atoms with Gasteiger partial charge in [-0.25, -0.2) is 18.6 Å². The first-order valence-corrected chi connectivity index (χ1v) is 7.81. The fraction of sp³-hybridized carbons (Fsp3) is 0.333. The third-order valence-electron chi connectivity index (χ3n) is 3.23.